The summed E-state index contributed by atoms with van der Waals surface area (Å²) in [6, 6.07) is 11.4. The van der Waals surface area contributed by atoms with Crippen LogP contribution in [0.4, 0.5) is 4.79 Å². The van der Waals surface area contributed by atoms with E-state index >= 15 is 0 Å². The van der Waals surface area contributed by atoms with Crippen molar-refractivity contribution in [3.8, 4) is 5.75 Å². The molecule has 26 heavy (non-hydrogen) atoms. The van der Waals surface area contributed by atoms with E-state index in [4.69, 9.17) is 4.74 Å². The quantitative estimate of drug-likeness (QED) is 0.313. The lowest BCUT2D eigenvalue weighted by molar-refractivity contribution is -0.123. The first-order valence-electron chi connectivity index (χ1n) is 7.42. The lowest BCUT2D eigenvalue weighted by atomic mass is 10.2. The summed E-state index contributed by atoms with van der Waals surface area (Å²) < 4.78 is 7.91. The molecule has 0 bridgehead atoms. The highest BCUT2D eigenvalue weighted by Crippen LogP contribution is 2.37. The third-order valence-electron chi connectivity index (χ3n) is 3.65. The molecule has 1 fully saturated rings. The second-order valence-corrected chi connectivity index (χ2v) is 9.36. The zero-order valence-corrected chi connectivity index (χ0v) is 19.6. The molecule has 2 aromatic rings. The van der Waals surface area contributed by atoms with Crippen LogP contribution < -0.4 is 4.74 Å². The number of thioether (sulfide) groups is 1. The Morgan fingerprint density at radius 1 is 1.15 bits per heavy atom. The molecule has 4 nitrogen and oxygen atoms in total. The molecule has 0 aromatic heterocycles. The standard InChI is InChI=1S/C18H12Br2INO3S/c1-25-16-13(19)6-11(7-14(16)20)8-15-17(23)22(18(24)26-15)9-10-2-4-12(21)5-3-10/h2-8H,9H2,1H3/b15-8-. The summed E-state index contributed by atoms with van der Waals surface area (Å²) in [5, 5.41) is -0.258. The summed E-state index contributed by atoms with van der Waals surface area (Å²) in [4.78, 5) is 26.6. The predicted molar refractivity (Wildman–Crippen MR) is 119 cm³/mol. The van der Waals surface area contributed by atoms with Gasteiger partial charge in [0.2, 0.25) is 0 Å². The average molecular weight is 609 g/mol. The van der Waals surface area contributed by atoms with Crippen molar-refractivity contribution >= 4 is 83.4 Å². The van der Waals surface area contributed by atoms with E-state index in [0.717, 1.165) is 35.4 Å². The topological polar surface area (TPSA) is 46.6 Å². The summed E-state index contributed by atoms with van der Waals surface area (Å²) in [5.74, 6) is 0.399. The van der Waals surface area contributed by atoms with Gasteiger partial charge in [-0.25, -0.2) is 0 Å². The molecule has 0 aliphatic carbocycles. The van der Waals surface area contributed by atoms with Gasteiger partial charge < -0.3 is 4.74 Å². The van der Waals surface area contributed by atoms with Gasteiger partial charge in [0.05, 0.1) is 27.5 Å². The first-order valence-corrected chi connectivity index (χ1v) is 10.9. The van der Waals surface area contributed by atoms with Crippen LogP contribution >= 0.6 is 66.2 Å². The molecule has 134 valence electrons. The van der Waals surface area contributed by atoms with E-state index in [9.17, 15) is 9.59 Å². The van der Waals surface area contributed by atoms with Crippen LogP contribution in [0.15, 0.2) is 50.2 Å². The zero-order chi connectivity index (χ0) is 18.8. The fourth-order valence-electron chi connectivity index (χ4n) is 2.42. The Labute approximate surface area is 185 Å². The number of benzene rings is 2. The minimum atomic E-state index is -0.276. The van der Waals surface area contributed by atoms with E-state index in [1.807, 2.05) is 36.4 Å². The normalized spacial score (nSPS) is 15.8. The van der Waals surface area contributed by atoms with E-state index in [1.54, 1.807) is 13.2 Å². The first-order chi connectivity index (χ1) is 12.4. The van der Waals surface area contributed by atoms with E-state index in [-0.39, 0.29) is 17.7 Å². The molecule has 8 heteroatoms. The maximum absolute atomic E-state index is 12.7. The largest absolute Gasteiger partial charge is 0.494 e. The van der Waals surface area contributed by atoms with Crippen LogP contribution in [-0.2, 0) is 11.3 Å². The highest BCUT2D eigenvalue weighted by molar-refractivity contribution is 14.1. The van der Waals surface area contributed by atoms with Crippen molar-refractivity contribution in [1.82, 2.24) is 4.90 Å². The molecule has 2 aromatic carbocycles. The number of imide groups is 1. The van der Waals surface area contributed by atoms with Crippen molar-refractivity contribution in [2.75, 3.05) is 7.11 Å². The van der Waals surface area contributed by atoms with Gasteiger partial charge in [-0.1, -0.05) is 12.1 Å². The number of amides is 2. The van der Waals surface area contributed by atoms with Gasteiger partial charge in [-0.2, -0.15) is 0 Å². The number of nitrogens with zero attached hydrogens (tertiary/aromatic N) is 1. The van der Waals surface area contributed by atoms with Crippen molar-refractivity contribution in [1.29, 1.82) is 0 Å². The van der Waals surface area contributed by atoms with Crippen molar-refractivity contribution in [2.24, 2.45) is 0 Å². The van der Waals surface area contributed by atoms with Crippen LogP contribution in [0.25, 0.3) is 6.08 Å². The number of ether oxygens (including phenoxy) is 1. The van der Waals surface area contributed by atoms with Crippen LogP contribution in [-0.4, -0.2) is 23.2 Å². The molecule has 1 aliphatic heterocycles. The summed E-state index contributed by atoms with van der Waals surface area (Å²) in [7, 11) is 1.58. The minimum absolute atomic E-state index is 0.258. The number of halogens is 3. The van der Waals surface area contributed by atoms with Gasteiger partial charge in [-0.15, -0.1) is 0 Å². The summed E-state index contributed by atoms with van der Waals surface area (Å²) in [6.45, 7) is 0.273. The van der Waals surface area contributed by atoms with Gasteiger partial charge in [0, 0.05) is 3.57 Å². The van der Waals surface area contributed by atoms with E-state index in [0.29, 0.717) is 10.7 Å². The third kappa shape index (κ3) is 4.35. The third-order valence-corrected chi connectivity index (χ3v) is 6.45. The van der Waals surface area contributed by atoms with Crippen LogP contribution in [0.5, 0.6) is 5.75 Å². The molecular formula is C18H12Br2INO3S. The molecule has 0 radical (unpaired) electrons. The Bertz CT molecular complexity index is 892. The Kier molecular flexibility index (Phi) is 6.47. The molecule has 0 spiro atoms. The number of rotatable bonds is 4. The average Bonchev–Trinajstić information content (AvgIpc) is 2.84. The highest BCUT2D eigenvalue weighted by atomic mass is 127. The first kappa shape index (κ1) is 19.9. The van der Waals surface area contributed by atoms with Gasteiger partial charge in [0.1, 0.15) is 5.75 Å². The molecule has 1 saturated heterocycles. The monoisotopic (exact) mass is 607 g/mol. The van der Waals surface area contributed by atoms with Crippen LogP contribution in [0.3, 0.4) is 0 Å². The second kappa shape index (κ2) is 8.45. The predicted octanol–water partition coefficient (Wildman–Crippen LogP) is 6.06. The van der Waals surface area contributed by atoms with E-state index in [2.05, 4.69) is 54.5 Å². The molecule has 1 aliphatic rings. The molecule has 0 unspecified atom stereocenters. The molecule has 0 atom stereocenters. The van der Waals surface area contributed by atoms with Gasteiger partial charge in [-0.05, 0) is 108 Å². The zero-order valence-electron chi connectivity index (χ0n) is 13.5. The fourth-order valence-corrected chi connectivity index (χ4v) is 5.16. The number of carbonyl (C=O) groups is 2. The summed E-state index contributed by atoms with van der Waals surface area (Å²) in [6.07, 6.45) is 1.72. The van der Waals surface area contributed by atoms with Gasteiger partial charge in [-0.3, -0.25) is 14.5 Å². The number of hydrogen-bond donors (Lipinski definition) is 0. The number of hydrogen-bond acceptors (Lipinski definition) is 4. The molecular weight excluding hydrogens is 597 g/mol. The maximum Gasteiger partial charge on any atom is 0.293 e. The molecule has 0 N–H and O–H groups in total. The Hall–Kier alpha value is -0.840. The van der Waals surface area contributed by atoms with Crippen molar-refractivity contribution in [2.45, 2.75) is 6.54 Å². The molecule has 2 amide bonds. The smallest absolute Gasteiger partial charge is 0.293 e. The summed E-state index contributed by atoms with van der Waals surface area (Å²) >= 11 is 10.1. The number of methoxy groups -OCH3 is 1. The lowest BCUT2D eigenvalue weighted by Crippen LogP contribution is -2.27. The van der Waals surface area contributed by atoms with Crippen molar-refractivity contribution < 1.29 is 14.3 Å². The Balaban J connectivity index is 1.84. The van der Waals surface area contributed by atoms with Gasteiger partial charge in [0.15, 0.2) is 0 Å². The van der Waals surface area contributed by atoms with Gasteiger partial charge >= 0.3 is 0 Å². The van der Waals surface area contributed by atoms with Crippen LogP contribution in [0.2, 0.25) is 0 Å². The summed E-state index contributed by atoms with van der Waals surface area (Å²) in [5.41, 5.74) is 1.72. The SMILES string of the molecule is COc1c(Br)cc(/C=C2\SC(=O)N(Cc3ccc(I)cc3)C2=O)cc1Br. The molecule has 1 heterocycles. The second-order valence-electron chi connectivity index (χ2n) is 5.41. The maximum atomic E-state index is 12.7. The Morgan fingerprint density at radius 2 is 1.77 bits per heavy atom. The van der Waals surface area contributed by atoms with E-state index in [1.165, 1.54) is 4.90 Å². The van der Waals surface area contributed by atoms with Crippen molar-refractivity contribution in [3.63, 3.8) is 0 Å². The van der Waals surface area contributed by atoms with Crippen LogP contribution in [0, 0.1) is 3.57 Å². The van der Waals surface area contributed by atoms with Crippen molar-refractivity contribution in [3.05, 3.63) is 64.9 Å². The lowest BCUT2D eigenvalue weighted by Gasteiger charge is -2.12. The molecule has 0 saturated carbocycles. The van der Waals surface area contributed by atoms with Gasteiger partial charge in [0.25, 0.3) is 11.1 Å². The Morgan fingerprint density at radius 3 is 2.35 bits per heavy atom. The fraction of sp³-hybridized carbons (Fsp3) is 0.111. The van der Waals surface area contributed by atoms with Crippen LogP contribution in [0.1, 0.15) is 11.1 Å². The molecule has 3 rings (SSSR count). The number of carbonyl (C=O) groups excluding carboxylic acids is 2. The van der Waals surface area contributed by atoms with E-state index < -0.39 is 0 Å². The highest BCUT2D eigenvalue weighted by Gasteiger charge is 2.35. The minimum Gasteiger partial charge on any atom is -0.494 e.